The summed E-state index contributed by atoms with van der Waals surface area (Å²) in [5.41, 5.74) is 9.52. The van der Waals surface area contributed by atoms with Crippen molar-refractivity contribution in [2.75, 3.05) is 13.2 Å². The number of pyridine rings is 1. The van der Waals surface area contributed by atoms with E-state index in [1.54, 1.807) is 59.5 Å². The highest BCUT2D eigenvalue weighted by Gasteiger charge is 2.37. The van der Waals surface area contributed by atoms with Crippen molar-refractivity contribution in [1.29, 1.82) is 0 Å². The van der Waals surface area contributed by atoms with Crippen molar-refractivity contribution in [3.05, 3.63) is 222 Å². The van der Waals surface area contributed by atoms with Crippen LogP contribution in [0.5, 0.6) is 46.5 Å². The summed E-state index contributed by atoms with van der Waals surface area (Å²) in [5.74, 6) is 1.44. The van der Waals surface area contributed by atoms with Crippen LogP contribution in [-0.4, -0.2) is 107 Å². The van der Waals surface area contributed by atoms with E-state index in [9.17, 15) is 61.9 Å². The first-order valence-electron chi connectivity index (χ1n) is 38.8. The minimum absolute atomic E-state index is 0.0268. The number of ether oxygens (including phenoxy) is 9. The van der Waals surface area contributed by atoms with Crippen LogP contribution in [0.1, 0.15) is 117 Å². The van der Waals surface area contributed by atoms with Crippen LogP contribution in [0.2, 0.25) is 0 Å². The highest BCUT2D eigenvalue weighted by molar-refractivity contribution is 5.92. The highest BCUT2D eigenvalue weighted by Crippen LogP contribution is 2.43. The number of aromatic nitrogens is 9. The van der Waals surface area contributed by atoms with E-state index in [2.05, 4.69) is 65.0 Å². The number of alkyl halides is 12. The second-order valence-corrected chi connectivity index (χ2v) is 30.2. The largest absolute Gasteiger partial charge is 0.573 e. The van der Waals surface area contributed by atoms with Gasteiger partial charge in [0.25, 0.3) is 35.3 Å². The number of benzene rings is 8. The Balaban J connectivity index is 0.000000130. The molecule has 1 saturated heterocycles. The maximum absolute atomic E-state index is 14.5. The lowest BCUT2D eigenvalue weighted by Crippen LogP contribution is -2.42. The van der Waals surface area contributed by atoms with Gasteiger partial charge in [0.2, 0.25) is 17.4 Å². The average molecular weight is 1760 g/mol. The van der Waals surface area contributed by atoms with Crippen LogP contribution in [0.4, 0.5) is 61.9 Å². The molecule has 126 heavy (non-hydrogen) atoms. The van der Waals surface area contributed by atoms with E-state index in [0.29, 0.717) is 97.1 Å². The number of amides is 1. The summed E-state index contributed by atoms with van der Waals surface area (Å²) in [4.78, 5) is 18.6. The van der Waals surface area contributed by atoms with Gasteiger partial charge in [-0.3, -0.25) is 4.98 Å². The molecular formula is C87H71F13N10O16. The molecule has 39 heteroatoms. The van der Waals surface area contributed by atoms with E-state index < -0.39 is 36.9 Å². The minimum Gasteiger partial charge on any atom is -0.473 e. The molecule has 656 valence electrons. The SMILES string of the molecule is CC(C)(C)OC(=O)N1CCC[C@H]1COc1noc2ccc(-c3ccc(OC(F)(F)F)cc3)cc12.Cc1cc(-c2ccc(OC(F)(F)F)cc2)cc2c(OCc3nnc(C4CC4)o3)noc12.Cc1cccc(COc2noc3c(C)cc(-c4ccc(OC(F)(F)F)cc4)cc23)n1.Fc1cc(-c2ccc(OC(F)(F)F)cc2)cc2c(OCc3nnc(C4CC4)o3)noc12. The second kappa shape index (κ2) is 36.0. The molecule has 3 aliphatic rings. The number of carbonyl (C=O) groups excluding carboxylic acids is 1. The van der Waals surface area contributed by atoms with Gasteiger partial charge in [0.1, 0.15) is 41.8 Å². The van der Waals surface area contributed by atoms with Gasteiger partial charge >= 0.3 is 31.5 Å². The van der Waals surface area contributed by atoms with Crippen molar-refractivity contribution in [3.8, 4) is 91.0 Å². The fourth-order valence-electron chi connectivity index (χ4n) is 13.2. The quantitative estimate of drug-likeness (QED) is 0.0569. The molecule has 0 unspecified atom stereocenters. The molecule has 15 aromatic rings. The van der Waals surface area contributed by atoms with Crippen LogP contribution in [0.25, 0.3) is 88.4 Å². The Labute approximate surface area is 704 Å². The van der Waals surface area contributed by atoms with Crippen molar-refractivity contribution >= 4 is 50.0 Å². The van der Waals surface area contributed by atoms with E-state index >= 15 is 0 Å². The van der Waals surface area contributed by atoms with Gasteiger partial charge in [-0.2, -0.15) is 0 Å². The third kappa shape index (κ3) is 22.6. The number of likely N-dealkylation sites (tertiary alicyclic amines) is 1. The van der Waals surface area contributed by atoms with Crippen LogP contribution in [0.3, 0.4) is 0 Å². The zero-order valence-electron chi connectivity index (χ0n) is 67.1. The predicted octanol–water partition coefficient (Wildman–Crippen LogP) is 23.1. The molecule has 3 fully saturated rings. The number of hydrogen-bond donors (Lipinski definition) is 0. The monoisotopic (exact) mass is 1760 g/mol. The van der Waals surface area contributed by atoms with E-state index in [4.69, 9.17) is 50.6 Å². The van der Waals surface area contributed by atoms with E-state index in [-0.39, 0.29) is 96.1 Å². The molecule has 1 atom stereocenters. The molecule has 1 amide bonds. The normalized spacial score (nSPS) is 14.2. The van der Waals surface area contributed by atoms with Crippen LogP contribution in [0, 0.1) is 26.6 Å². The number of rotatable bonds is 22. The molecule has 7 aromatic heterocycles. The second-order valence-electron chi connectivity index (χ2n) is 30.2. The first-order chi connectivity index (χ1) is 60.0. The molecule has 2 saturated carbocycles. The van der Waals surface area contributed by atoms with Crippen LogP contribution >= 0.6 is 0 Å². The van der Waals surface area contributed by atoms with Crippen LogP contribution in [0.15, 0.2) is 197 Å². The molecule has 26 nitrogen and oxygen atoms in total. The highest BCUT2D eigenvalue weighted by atomic mass is 19.4. The summed E-state index contributed by atoms with van der Waals surface area (Å²) in [6, 6.07) is 42.8. The molecular weight excluding hydrogens is 1690 g/mol. The summed E-state index contributed by atoms with van der Waals surface area (Å²) in [6.45, 7) is 12.1. The summed E-state index contributed by atoms with van der Waals surface area (Å²) < 4.78 is 239. The Bertz CT molecular complexity index is 6120. The minimum atomic E-state index is -4.79. The fourth-order valence-corrected chi connectivity index (χ4v) is 13.2. The van der Waals surface area contributed by atoms with Gasteiger partial charge in [0.15, 0.2) is 35.8 Å². The first kappa shape index (κ1) is 86.8. The summed E-state index contributed by atoms with van der Waals surface area (Å²) in [6.07, 6.45) is -13.6. The lowest BCUT2D eigenvalue weighted by atomic mass is 10.0. The summed E-state index contributed by atoms with van der Waals surface area (Å²) in [7, 11) is 0. The topological polar surface area (TPSA) is 298 Å². The van der Waals surface area contributed by atoms with Gasteiger partial charge in [-0.1, -0.05) is 60.7 Å². The molecule has 0 spiro atoms. The first-order valence-corrected chi connectivity index (χ1v) is 38.8. The van der Waals surface area contributed by atoms with Crippen LogP contribution in [-0.2, 0) is 24.6 Å². The van der Waals surface area contributed by atoms with Gasteiger partial charge in [0, 0.05) is 24.1 Å². The Hall–Kier alpha value is -14.2. The predicted molar refractivity (Wildman–Crippen MR) is 420 cm³/mol. The molecule has 8 aromatic carbocycles. The Morgan fingerprint density at radius 3 is 1.24 bits per heavy atom. The summed E-state index contributed by atoms with van der Waals surface area (Å²) >= 11 is 0. The van der Waals surface area contributed by atoms with E-state index in [0.717, 1.165) is 95.4 Å². The third-order valence-electron chi connectivity index (χ3n) is 19.3. The molecule has 18 rings (SSSR count). The Morgan fingerprint density at radius 2 is 0.810 bits per heavy atom. The van der Waals surface area contributed by atoms with Crippen molar-refractivity contribution in [3.63, 3.8) is 0 Å². The summed E-state index contributed by atoms with van der Waals surface area (Å²) in [5, 5.41) is 33.8. The zero-order valence-corrected chi connectivity index (χ0v) is 67.1. The Morgan fingerprint density at radius 1 is 0.421 bits per heavy atom. The number of fused-ring (bicyclic) bond motifs is 4. The van der Waals surface area contributed by atoms with Crippen molar-refractivity contribution in [1.82, 2.24) is 50.9 Å². The zero-order chi connectivity index (χ0) is 89.0. The number of carbonyl (C=O) groups is 1. The van der Waals surface area contributed by atoms with Gasteiger partial charge < -0.3 is 74.5 Å². The fraction of sp³-hybridized carbons (Fsp3) is 0.287. The van der Waals surface area contributed by atoms with Crippen molar-refractivity contribution in [2.45, 2.75) is 149 Å². The number of hydrogen-bond acceptors (Lipinski definition) is 25. The average Bonchev–Trinajstić information content (AvgIpc) is 1.62. The number of halogens is 13. The van der Waals surface area contributed by atoms with Crippen molar-refractivity contribution < 1.29 is 131 Å². The third-order valence-corrected chi connectivity index (χ3v) is 19.3. The standard InChI is InChI=1S/C24H25F3N2O5.C22H17F3N2O3.C21H16F3N3O4.C20H13F4N3O4/c1-23(2,3)33-22(30)29-12-4-5-17(29)14-31-21-19-13-16(8-11-20(19)34-28-21)15-6-9-18(10-7-15)32-24(25,26)27;1-13-10-16(15-6-8-18(9-7-15)29-22(23,24)25)11-19-20(13)30-27-21(19)28-12-17-5-3-4-14(2)26-17;1-11-8-14(12-4-6-15(7-5-12)30-21(22,23)24)9-16-18(11)31-27-20(16)28-10-17-25-26-19(29-17)13-2-3-13;21-15-8-12(10-3-5-13(6-4-10)30-20(22,23)24)7-14-17(15)31-27-19(14)28-9-16-25-26-18(29-16)11-1-2-11/h6-11,13,17H,4-5,12,14H2,1-3H3;3-11H,12H2,1-2H3;4-9,13H,2-3,10H2,1H3;3-8,11H,1-2,9H2/t17-;;;/m0.../s1. The lowest BCUT2D eigenvalue weighted by molar-refractivity contribution is -0.275. The molecule has 0 bridgehead atoms. The van der Waals surface area contributed by atoms with Crippen LogP contribution < -0.4 is 37.9 Å². The Kier molecular flexibility index (Phi) is 24.8. The van der Waals surface area contributed by atoms with E-state index in [1.165, 1.54) is 66.7 Å². The maximum Gasteiger partial charge on any atom is 0.573 e. The van der Waals surface area contributed by atoms with Gasteiger partial charge in [-0.05, 0) is 266 Å². The maximum atomic E-state index is 14.5. The number of aryl methyl sites for hydroxylation is 3. The van der Waals surface area contributed by atoms with Crippen molar-refractivity contribution in [2.24, 2.45) is 0 Å². The van der Waals surface area contributed by atoms with E-state index in [1.807, 2.05) is 77.9 Å². The lowest BCUT2D eigenvalue weighted by Gasteiger charge is -2.28. The molecule has 0 N–H and O–H groups in total. The smallest absolute Gasteiger partial charge is 0.473 e. The van der Waals surface area contributed by atoms with Gasteiger partial charge in [-0.15, -0.1) is 73.1 Å². The molecule has 8 heterocycles. The van der Waals surface area contributed by atoms with Gasteiger partial charge in [-0.25, -0.2) is 9.18 Å². The number of nitrogens with zero attached hydrogens (tertiary/aromatic N) is 10. The molecule has 2 aliphatic carbocycles. The molecule has 1 aliphatic heterocycles. The van der Waals surface area contributed by atoms with Gasteiger partial charge in [0.05, 0.1) is 33.3 Å². The molecule has 0 radical (unpaired) electrons.